The number of aliphatic imine (C=N–C) groups is 1. The molecule has 2 N–H and O–H groups in total. The van der Waals surface area contributed by atoms with Gasteiger partial charge in [-0.3, -0.25) is 9.89 Å². The Hall–Kier alpha value is -1.26. The molecule has 0 aromatic heterocycles. The zero-order chi connectivity index (χ0) is 19.5. The second kappa shape index (κ2) is 13.8. The minimum atomic E-state index is 0. The van der Waals surface area contributed by atoms with Crippen molar-refractivity contribution in [3.05, 3.63) is 23.8 Å². The van der Waals surface area contributed by atoms with E-state index in [2.05, 4.69) is 33.5 Å². The fraction of sp³-hybridized carbons (Fsp3) is 0.650. The number of benzene rings is 1. The van der Waals surface area contributed by atoms with Gasteiger partial charge in [-0.15, -0.1) is 24.0 Å². The van der Waals surface area contributed by atoms with Gasteiger partial charge in [0, 0.05) is 39.8 Å². The Kier molecular flexibility index (Phi) is 12.2. The van der Waals surface area contributed by atoms with Crippen molar-refractivity contribution in [1.82, 2.24) is 15.5 Å². The smallest absolute Gasteiger partial charge is 0.191 e. The summed E-state index contributed by atoms with van der Waals surface area (Å²) in [5.74, 6) is 2.84. The average molecular weight is 506 g/mol. The first-order chi connectivity index (χ1) is 13.2. The maximum absolute atomic E-state index is 5.39. The van der Waals surface area contributed by atoms with Gasteiger partial charge in [-0.1, -0.05) is 13.0 Å². The molecule has 1 unspecified atom stereocenters. The van der Waals surface area contributed by atoms with E-state index in [1.54, 1.807) is 14.2 Å². The number of nitrogens with zero attached hydrogens (tertiary/aromatic N) is 2. The van der Waals surface area contributed by atoms with Crippen LogP contribution in [-0.2, 0) is 11.2 Å². The zero-order valence-corrected chi connectivity index (χ0v) is 19.8. The van der Waals surface area contributed by atoms with Crippen LogP contribution in [0.2, 0.25) is 0 Å². The lowest BCUT2D eigenvalue weighted by Crippen LogP contribution is -2.45. The number of rotatable bonds is 9. The quantitative estimate of drug-likeness (QED) is 0.304. The molecular weight excluding hydrogens is 471 g/mol. The minimum Gasteiger partial charge on any atom is -0.493 e. The van der Waals surface area contributed by atoms with Crippen LogP contribution in [0.5, 0.6) is 11.5 Å². The molecule has 160 valence electrons. The molecule has 1 fully saturated rings. The van der Waals surface area contributed by atoms with Gasteiger partial charge >= 0.3 is 0 Å². The van der Waals surface area contributed by atoms with E-state index in [0.717, 1.165) is 69.8 Å². The molecule has 1 aliphatic rings. The Balaban J connectivity index is 0.00000392. The van der Waals surface area contributed by atoms with Crippen LogP contribution in [0.1, 0.15) is 12.5 Å². The van der Waals surface area contributed by atoms with Crippen molar-refractivity contribution in [3.63, 3.8) is 0 Å². The summed E-state index contributed by atoms with van der Waals surface area (Å²) in [5.41, 5.74) is 1.23. The Bertz CT molecular complexity index is 595. The zero-order valence-electron chi connectivity index (χ0n) is 17.5. The number of guanidine groups is 1. The van der Waals surface area contributed by atoms with Gasteiger partial charge in [0.25, 0.3) is 0 Å². The molecule has 1 aliphatic heterocycles. The minimum absolute atomic E-state index is 0. The molecule has 28 heavy (non-hydrogen) atoms. The number of nitrogens with one attached hydrogen (secondary N) is 2. The van der Waals surface area contributed by atoms with Crippen LogP contribution >= 0.6 is 24.0 Å². The first-order valence-electron chi connectivity index (χ1n) is 9.61. The van der Waals surface area contributed by atoms with E-state index < -0.39 is 0 Å². The van der Waals surface area contributed by atoms with Crippen LogP contribution in [0.3, 0.4) is 0 Å². The number of hydrogen-bond donors (Lipinski definition) is 2. The highest BCUT2D eigenvalue weighted by atomic mass is 127. The maximum Gasteiger partial charge on any atom is 0.191 e. The fourth-order valence-corrected chi connectivity index (χ4v) is 3.13. The van der Waals surface area contributed by atoms with Gasteiger partial charge in [-0.2, -0.15) is 0 Å². The second-order valence-corrected chi connectivity index (χ2v) is 6.83. The largest absolute Gasteiger partial charge is 0.493 e. The van der Waals surface area contributed by atoms with Crippen molar-refractivity contribution in [2.45, 2.75) is 13.3 Å². The summed E-state index contributed by atoms with van der Waals surface area (Å²) in [6, 6.07) is 6.10. The fourth-order valence-electron chi connectivity index (χ4n) is 3.13. The van der Waals surface area contributed by atoms with Crippen molar-refractivity contribution in [3.8, 4) is 11.5 Å². The molecule has 2 rings (SSSR count). The topological polar surface area (TPSA) is 67.4 Å². The van der Waals surface area contributed by atoms with Gasteiger partial charge in [0.1, 0.15) is 0 Å². The molecule has 1 aromatic carbocycles. The molecule has 0 aliphatic carbocycles. The van der Waals surface area contributed by atoms with Crippen LogP contribution in [0.15, 0.2) is 23.2 Å². The Morgan fingerprint density at radius 1 is 1.18 bits per heavy atom. The number of morpholine rings is 1. The van der Waals surface area contributed by atoms with Gasteiger partial charge in [-0.05, 0) is 30.0 Å². The van der Waals surface area contributed by atoms with E-state index in [1.165, 1.54) is 5.56 Å². The molecule has 8 heteroatoms. The Morgan fingerprint density at radius 2 is 1.89 bits per heavy atom. The molecule has 0 amide bonds. The van der Waals surface area contributed by atoms with Crippen LogP contribution in [0.4, 0.5) is 0 Å². The van der Waals surface area contributed by atoms with Crippen molar-refractivity contribution in [2.75, 3.05) is 67.2 Å². The van der Waals surface area contributed by atoms with Crippen molar-refractivity contribution in [2.24, 2.45) is 10.9 Å². The molecule has 1 saturated heterocycles. The van der Waals surface area contributed by atoms with Gasteiger partial charge in [0.05, 0.1) is 27.4 Å². The summed E-state index contributed by atoms with van der Waals surface area (Å²) in [6.45, 7) is 8.65. The number of hydrogen-bond acceptors (Lipinski definition) is 5. The summed E-state index contributed by atoms with van der Waals surface area (Å²) in [6.07, 6.45) is 0.956. The molecular formula is C20H35IN4O3. The molecule has 1 heterocycles. The number of ether oxygens (including phenoxy) is 3. The monoisotopic (exact) mass is 506 g/mol. The highest BCUT2D eigenvalue weighted by molar-refractivity contribution is 14.0. The third-order valence-corrected chi connectivity index (χ3v) is 4.70. The van der Waals surface area contributed by atoms with Gasteiger partial charge < -0.3 is 24.8 Å². The normalized spacial score (nSPS) is 16.1. The van der Waals surface area contributed by atoms with Gasteiger partial charge in [-0.25, -0.2) is 0 Å². The summed E-state index contributed by atoms with van der Waals surface area (Å²) in [4.78, 5) is 6.72. The summed E-state index contributed by atoms with van der Waals surface area (Å²) >= 11 is 0. The SMILES string of the molecule is CN=C(NCCN1CCOCC1)NCC(C)Cc1ccc(OC)c(OC)c1.I. The lowest BCUT2D eigenvalue weighted by Gasteiger charge is -2.26. The number of halogens is 1. The summed E-state index contributed by atoms with van der Waals surface area (Å²) in [5, 5.41) is 6.81. The Labute approximate surface area is 186 Å². The van der Waals surface area contributed by atoms with Gasteiger partial charge in [0.15, 0.2) is 17.5 Å². The molecule has 1 aromatic rings. The molecule has 0 bridgehead atoms. The standard InChI is InChI=1S/C20H34N4O3.HI/c1-16(13-17-5-6-18(25-3)19(14-17)26-4)15-23-20(21-2)22-7-8-24-9-11-27-12-10-24;/h5-6,14,16H,7-13,15H2,1-4H3,(H2,21,22,23);1H. The first-order valence-corrected chi connectivity index (χ1v) is 9.61. The summed E-state index contributed by atoms with van der Waals surface area (Å²) in [7, 11) is 5.13. The van der Waals surface area contributed by atoms with E-state index in [0.29, 0.717) is 5.92 Å². The lowest BCUT2D eigenvalue weighted by atomic mass is 10.0. The molecule has 0 saturated carbocycles. The molecule has 0 radical (unpaired) electrons. The highest BCUT2D eigenvalue weighted by Gasteiger charge is 2.11. The van der Waals surface area contributed by atoms with Crippen LogP contribution in [0.25, 0.3) is 0 Å². The van der Waals surface area contributed by atoms with E-state index in [-0.39, 0.29) is 24.0 Å². The maximum atomic E-state index is 5.39. The highest BCUT2D eigenvalue weighted by Crippen LogP contribution is 2.28. The number of methoxy groups -OCH3 is 2. The first kappa shape index (κ1) is 24.8. The van der Waals surface area contributed by atoms with E-state index in [4.69, 9.17) is 14.2 Å². The predicted molar refractivity (Wildman–Crippen MR) is 124 cm³/mol. The Morgan fingerprint density at radius 3 is 2.54 bits per heavy atom. The predicted octanol–water partition coefficient (Wildman–Crippen LogP) is 2.00. The lowest BCUT2D eigenvalue weighted by molar-refractivity contribution is 0.0389. The third kappa shape index (κ3) is 8.40. The molecule has 7 nitrogen and oxygen atoms in total. The molecule has 1 atom stereocenters. The van der Waals surface area contributed by atoms with Crippen molar-refractivity contribution < 1.29 is 14.2 Å². The van der Waals surface area contributed by atoms with Crippen LogP contribution in [-0.4, -0.2) is 78.1 Å². The van der Waals surface area contributed by atoms with Crippen LogP contribution < -0.4 is 20.1 Å². The molecule has 0 spiro atoms. The summed E-state index contributed by atoms with van der Waals surface area (Å²) < 4.78 is 16.1. The van der Waals surface area contributed by atoms with E-state index in [1.807, 2.05) is 19.2 Å². The van der Waals surface area contributed by atoms with Crippen LogP contribution in [0, 0.1) is 5.92 Å². The van der Waals surface area contributed by atoms with Crippen molar-refractivity contribution in [1.29, 1.82) is 0 Å². The van der Waals surface area contributed by atoms with E-state index in [9.17, 15) is 0 Å². The average Bonchev–Trinajstić information content (AvgIpc) is 2.71. The van der Waals surface area contributed by atoms with Gasteiger partial charge in [0.2, 0.25) is 0 Å². The third-order valence-electron chi connectivity index (χ3n) is 4.70. The van der Waals surface area contributed by atoms with Crippen molar-refractivity contribution >= 4 is 29.9 Å². The second-order valence-electron chi connectivity index (χ2n) is 6.83. The van der Waals surface area contributed by atoms with E-state index >= 15 is 0 Å².